The van der Waals surface area contributed by atoms with Crippen molar-refractivity contribution in [3.8, 4) is 10.4 Å². The second-order valence-corrected chi connectivity index (χ2v) is 8.95. The molecule has 2 heterocycles. The lowest BCUT2D eigenvalue weighted by atomic mass is 9.73. The molecule has 1 aromatic carbocycles. The summed E-state index contributed by atoms with van der Waals surface area (Å²) in [5, 5.41) is 2.08. The number of likely N-dealkylation sites (tertiary alicyclic amines) is 1. The molecule has 0 saturated carbocycles. The quantitative estimate of drug-likeness (QED) is 0.721. The minimum Gasteiger partial charge on any atom is -0.348 e. The number of amides is 2. The first-order chi connectivity index (χ1) is 13.4. The van der Waals surface area contributed by atoms with Crippen LogP contribution in [0.3, 0.4) is 0 Å². The Balaban J connectivity index is 1.84. The SMILES string of the molecule is CCCC(=O)N1CCCC(Cc2ccc(-c3cccs3)cc2)(C(=O)N(C)C)C1. The summed E-state index contributed by atoms with van der Waals surface area (Å²) in [6.45, 7) is 3.31. The van der Waals surface area contributed by atoms with E-state index in [-0.39, 0.29) is 11.8 Å². The Hall–Kier alpha value is -2.14. The summed E-state index contributed by atoms with van der Waals surface area (Å²) in [5.74, 6) is 0.301. The third kappa shape index (κ3) is 4.46. The van der Waals surface area contributed by atoms with Crippen LogP contribution in [0, 0.1) is 5.41 Å². The van der Waals surface area contributed by atoms with E-state index in [1.807, 2.05) is 25.9 Å². The van der Waals surface area contributed by atoms with Gasteiger partial charge in [-0.2, -0.15) is 0 Å². The van der Waals surface area contributed by atoms with E-state index in [1.54, 1.807) is 16.2 Å². The highest BCUT2D eigenvalue weighted by molar-refractivity contribution is 7.13. The average Bonchev–Trinajstić information content (AvgIpc) is 3.23. The Morgan fingerprint density at radius 2 is 1.93 bits per heavy atom. The van der Waals surface area contributed by atoms with E-state index in [1.165, 1.54) is 10.4 Å². The fourth-order valence-electron chi connectivity index (χ4n) is 4.21. The number of rotatable bonds is 6. The molecule has 1 saturated heterocycles. The van der Waals surface area contributed by atoms with Crippen molar-refractivity contribution in [1.82, 2.24) is 9.80 Å². The average molecular weight is 399 g/mol. The largest absolute Gasteiger partial charge is 0.348 e. The van der Waals surface area contributed by atoms with Crippen molar-refractivity contribution >= 4 is 23.2 Å². The van der Waals surface area contributed by atoms with Gasteiger partial charge in [0.25, 0.3) is 0 Å². The second kappa shape index (κ2) is 8.91. The van der Waals surface area contributed by atoms with Crippen LogP contribution in [0.25, 0.3) is 10.4 Å². The monoisotopic (exact) mass is 398 g/mol. The van der Waals surface area contributed by atoms with Gasteiger partial charge in [0.1, 0.15) is 0 Å². The zero-order chi connectivity index (χ0) is 20.1. The highest BCUT2D eigenvalue weighted by Crippen LogP contribution is 2.36. The van der Waals surface area contributed by atoms with Crippen LogP contribution >= 0.6 is 11.3 Å². The van der Waals surface area contributed by atoms with E-state index in [9.17, 15) is 9.59 Å². The maximum absolute atomic E-state index is 13.2. The van der Waals surface area contributed by atoms with Crippen LogP contribution in [0.1, 0.15) is 38.2 Å². The molecule has 0 N–H and O–H groups in total. The Morgan fingerprint density at radius 1 is 1.18 bits per heavy atom. The predicted molar refractivity (Wildman–Crippen MR) is 115 cm³/mol. The fraction of sp³-hybridized carbons (Fsp3) is 0.478. The third-order valence-corrected chi connectivity index (χ3v) is 6.47. The van der Waals surface area contributed by atoms with E-state index in [4.69, 9.17) is 0 Å². The molecule has 150 valence electrons. The second-order valence-electron chi connectivity index (χ2n) is 8.00. The van der Waals surface area contributed by atoms with Gasteiger partial charge >= 0.3 is 0 Å². The van der Waals surface area contributed by atoms with E-state index in [0.29, 0.717) is 19.4 Å². The van der Waals surface area contributed by atoms with Gasteiger partial charge in [0.2, 0.25) is 11.8 Å². The van der Waals surface area contributed by atoms with Gasteiger partial charge in [-0.25, -0.2) is 0 Å². The lowest BCUT2D eigenvalue weighted by Crippen LogP contribution is -2.54. The molecule has 1 unspecified atom stereocenters. The van der Waals surface area contributed by atoms with Crippen LogP contribution < -0.4 is 0 Å². The van der Waals surface area contributed by atoms with E-state index in [0.717, 1.165) is 31.4 Å². The van der Waals surface area contributed by atoms with Crippen LogP contribution in [0.5, 0.6) is 0 Å². The van der Waals surface area contributed by atoms with Gasteiger partial charge in [-0.15, -0.1) is 11.3 Å². The van der Waals surface area contributed by atoms with E-state index >= 15 is 0 Å². The number of thiophene rings is 1. The lowest BCUT2D eigenvalue weighted by Gasteiger charge is -2.43. The lowest BCUT2D eigenvalue weighted by molar-refractivity contribution is -0.147. The molecule has 0 aliphatic carbocycles. The van der Waals surface area contributed by atoms with Gasteiger partial charge in [0, 0.05) is 38.5 Å². The first-order valence-electron chi connectivity index (χ1n) is 10.1. The van der Waals surface area contributed by atoms with Crippen molar-refractivity contribution < 1.29 is 9.59 Å². The maximum atomic E-state index is 13.2. The third-order valence-electron chi connectivity index (χ3n) is 5.56. The summed E-state index contributed by atoms with van der Waals surface area (Å²) in [7, 11) is 3.63. The first-order valence-corrected chi connectivity index (χ1v) is 11.0. The number of carbonyl (C=O) groups is 2. The van der Waals surface area contributed by atoms with Crippen molar-refractivity contribution in [1.29, 1.82) is 0 Å². The molecule has 0 spiro atoms. The molecule has 5 heteroatoms. The molecule has 4 nitrogen and oxygen atoms in total. The first kappa shape index (κ1) is 20.6. The van der Waals surface area contributed by atoms with Gasteiger partial charge in [-0.1, -0.05) is 37.3 Å². The number of carbonyl (C=O) groups excluding carboxylic acids is 2. The van der Waals surface area contributed by atoms with Crippen LogP contribution in [-0.4, -0.2) is 48.8 Å². The Bertz CT molecular complexity index is 799. The molecule has 28 heavy (non-hydrogen) atoms. The van der Waals surface area contributed by atoms with Crippen LogP contribution in [0.15, 0.2) is 41.8 Å². The molecular weight excluding hydrogens is 368 g/mol. The standard InChI is InChI=1S/C23H30N2O2S/c1-4-7-21(26)25-14-6-13-23(17-25,22(27)24(2)3)16-18-9-11-19(12-10-18)20-8-5-15-28-20/h5,8-12,15H,4,6-7,13-14,16-17H2,1-3H3. The summed E-state index contributed by atoms with van der Waals surface area (Å²) < 4.78 is 0. The van der Waals surface area contributed by atoms with Crippen LogP contribution in [0.2, 0.25) is 0 Å². The van der Waals surface area contributed by atoms with Crippen molar-refractivity contribution in [2.24, 2.45) is 5.41 Å². The zero-order valence-electron chi connectivity index (χ0n) is 17.1. The zero-order valence-corrected chi connectivity index (χ0v) is 17.9. The van der Waals surface area contributed by atoms with E-state index in [2.05, 4.69) is 41.8 Å². The van der Waals surface area contributed by atoms with Crippen molar-refractivity contribution in [2.45, 2.75) is 39.0 Å². The summed E-state index contributed by atoms with van der Waals surface area (Å²) in [5.41, 5.74) is 1.82. The van der Waals surface area contributed by atoms with Gasteiger partial charge in [0.05, 0.1) is 5.41 Å². The number of hydrogen-bond acceptors (Lipinski definition) is 3. The summed E-state index contributed by atoms with van der Waals surface area (Å²) in [6.07, 6.45) is 3.77. The topological polar surface area (TPSA) is 40.6 Å². The highest BCUT2D eigenvalue weighted by atomic mass is 32.1. The Labute approximate surface area is 172 Å². The van der Waals surface area contributed by atoms with Crippen LogP contribution in [0.4, 0.5) is 0 Å². The Kier molecular flexibility index (Phi) is 6.55. The Morgan fingerprint density at radius 3 is 2.54 bits per heavy atom. The summed E-state index contributed by atoms with van der Waals surface area (Å²) >= 11 is 1.73. The van der Waals surface area contributed by atoms with Crippen molar-refractivity contribution in [3.63, 3.8) is 0 Å². The summed E-state index contributed by atoms with van der Waals surface area (Å²) in [6, 6.07) is 12.7. The molecule has 1 aliphatic heterocycles. The molecule has 3 rings (SSSR count). The predicted octanol–water partition coefficient (Wildman–Crippen LogP) is 4.45. The van der Waals surface area contributed by atoms with Gasteiger partial charge in [0.15, 0.2) is 0 Å². The summed E-state index contributed by atoms with van der Waals surface area (Å²) in [4.78, 5) is 30.6. The molecule has 2 aromatic rings. The molecule has 1 aromatic heterocycles. The maximum Gasteiger partial charge on any atom is 0.230 e. The van der Waals surface area contributed by atoms with Crippen LogP contribution in [-0.2, 0) is 16.0 Å². The molecule has 2 amide bonds. The molecule has 1 fully saturated rings. The van der Waals surface area contributed by atoms with Gasteiger partial charge < -0.3 is 9.80 Å². The minimum absolute atomic E-state index is 0.129. The molecule has 1 aliphatic rings. The van der Waals surface area contributed by atoms with E-state index < -0.39 is 5.41 Å². The van der Waals surface area contributed by atoms with Gasteiger partial charge in [-0.3, -0.25) is 9.59 Å². The van der Waals surface area contributed by atoms with Gasteiger partial charge in [-0.05, 0) is 48.3 Å². The fourth-order valence-corrected chi connectivity index (χ4v) is 4.94. The molecule has 0 bridgehead atoms. The molecular formula is C23H30N2O2S. The number of benzene rings is 1. The number of hydrogen-bond donors (Lipinski definition) is 0. The minimum atomic E-state index is -0.532. The smallest absolute Gasteiger partial charge is 0.230 e. The van der Waals surface area contributed by atoms with Crippen molar-refractivity contribution in [2.75, 3.05) is 27.2 Å². The van der Waals surface area contributed by atoms with Crippen molar-refractivity contribution in [3.05, 3.63) is 47.3 Å². The normalized spacial score (nSPS) is 19.5. The number of nitrogens with zero attached hydrogens (tertiary/aromatic N) is 2. The highest BCUT2D eigenvalue weighted by Gasteiger charge is 2.44. The number of piperidine rings is 1. The molecule has 1 atom stereocenters. The molecule has 0 radical (unpaired) electrons.